The number of carbonyl (C=O) groups excluding carboxylic acids is 2. The van der Waals surface area contributed by atoms with Gasteiger partial charge in [-0.3, -0.25) is 9.59 Å². The SMILES string of the molecule is NCCCOc1nc2ccccc2cc1C(=O)CCCOc1cc2ccccc2cc1C(=O)Nc1ccc(Cl)cc1O. The first-order valence-electron chi connectivity index (χ1n) is 13.6. The van der Waals surface area contributed by atoms with E-state index >= 15 is 0 Å². The van der Waals surface area contributed by atoms with Crippen molar-refractivity contribution in [2.24, 2.45) is 5.73 Å². The monoisotopic (exact) mass is 583 g/mol. The number of nitrogens with two attached hydrogens (primary N) is 1. The Morgan fingerprint density at radius 3 is 2.29 bits per heavy atom. The van der Waals surface area contributed by atoms with E-state index in [1.807, 2.05) is 48.5 Å². The molecule has 5 rings (SSSR count). The van der Waals surface area contributed by atoms with E-state index in [9.17, 15) is 14.7 Å². The van der Waals surface area contributed by atoms with Crippen molar-refractivity contribution in [1.29, 1.82) is 0 Å². The molecule has 0 atom stereocenters. The van der Waals surface area contributed by atoms with Gasteiger partial charge in [-0.25, -0.2) is 4.98 Å². The molecular formula is C33H30ClN3O5. The number of anilines is 1. The Morgan fingerprint density at radius 2 is 1.52 bits per heavy atom. The summed E-state index contributed by atoms with van der Waals surface area (Å²) in [5.41, 5.74) is 7.28. The summed E-state index contributed by atoms with van der Waals surface area (Å²) in [5.74, 6) is -0.0512. The predicted octanol–water partition coefficient (Wildman–Crippen LogP) is 6.77. The highest BCUT2D eigenvalue weighted by Crippen LogP contribution is 2.31. The number of ketones is 1. The average molecular weight is 584 g/mol. The number of aromatic hydroxyl groups is 1. The lowest BCUT2D eigenvalue weighted by molar-refractivity contribution is 0.0964. The van der Waals surface area contributed by atoms with E-state index in [1.54, 1.807) is 24.3 Å². The van der Waals surface area contributed by atoms with E-state index in [0.717, 1.165) is 21.7 Å². The van der Waals surface area contributed by atoms with Crippen molar-refractivity contribution in [3.8, 4) is 17.4 Å². The standard InChI is InChI=1S/C33H30ClN3O5/c34-24-12-13-28(30(39)20-24)36-32(40)26-17-21-7-1-2-8-22(21)19-31(26)41-15-5-11-29(38)25-18-23-9-3-4-10-27(23)37-33(25)42-16-6-14-35/h1-4,7-10,12-13,17-20,39H,5-6,11,14-16,35H2,(H,36,40). The fourth-order valence-electron chi connectivity index (χ4n) is 4.53. The molecule has 9 heteroatoms. The molecule has 0 saturated heterocycles. The van der Waals surface area contributed by atoms with Gasteiger partial charge in [0.2, 0.25) is 5.88 Å². The van der Waals surface area contributed by atoms with Gasteiger partial charge in [-0.15, -0.1) is 0 Å². The number of Topliss-reactive ketones (excluding diaryl/α,β-unsaturated/α-hetero) is 1. The lowest BCUT2D eigenvalue weighted by atomic mass is 10.0. The molecule has 4 aromatic carbocycles. The van der Waals surface area contributed by atoms with Crippen LogP contribution in [0.25, 0.3) is 21.7 Å². The number of fused-ring (bicyclic) bond motifs is 2. The van der Waals surface area contributed by atoms with Crippen LogP contribution in [0.3, 0.4) is 0 Å². The molecular weight excluding hydrogens is 554 g/mol. The molecule has 0 fully saturated rings. The summed E-state index contributed by atoms with van der Waals surface area (Å²) < 4.78 is 11.9. The van der Waals surface area contributed by atoms with Crippen molar-refractivity contribution in [2.75, 3.05) is 25.1 Å². The Hall–Kier alpha value is -4.66. The zero-order valence-corrected chi connectivity index (χ0v) is 23.6. The van der Waals surface area contributed by atoms with E-state index in [-0.39, 0.29) is 30.2 Å². The van der Waals surface area contributed by atoms with Gasteiger partial charge < -0.3 is 25.6 Å². The van der Waals surface area contributed by atoms with E-state index in [2.05, 4.69) is 10.3 Å². The number of nitrogens with zero attached hydrogens (tertiary/aromatic N) is 1. The average Bonchev–Trinajstić information content (AvgIpc) is 3.00. The molecule has 214 valence electrons. The Kier molecular flexibility index (Phi) is 9.16. The molecule has 0 aliphatic rings. The minimum Gasteiger partial charge on any atom is -0.506 e. The van der Waals surface area contributed by atoms with Crippen molar-refractivity contribution in [3.05, 3.63) is 101 Å². The molecule has 5 aromatic rings. The Bertz CT molecular complexity index is 1760. The Morgan fingerprint density at radius 1 is 0.833 bits per heavy atom. The fraction of sp³-hybridized carbons (Fsp3) is 0.182. The van der Waals surface area contributed by atoms with Crippen molar-refractivity contribution < 1.29 is 24.2 Å². The molecule has 1 aromatic heterocycles. The van der Waals surface area contributed by atoms with E-state index in [4.69, 9.17) is 26.8 Å². The van der Waals surface area contributed by atoms with Gasteiger partial charge in [0.1, 0.15) is 11.5 Å². The molecule has 42 heavy (non-hydrogen) atoms. The number of hydrogen-bond donors (Lipinski definition) is 3. The number of halogens is 1. The van der Waals surface area contributed by atoms with Gasteiger partial charge in [0, 0.05) is 22.9 Å². The number of hydrogen-bond acceptors (Lipinski definition) is 7. The maximum atomic E-state index is 13.3. The first-order chi connectivity index (χ1) is 20.4. The van der Waals surface area contributed by atoms with Crippen LogP contribution in [0.1, 0.15) is 40.0 Å². The second-order valence-corrected chi connectivity index (χ2v) is 10.1. The highest BCUT2D eigenvalue weighted by Gasteiger charge is 2.18. The van der Waals surface area contributed by atoms with E-state index in [1.165, 1.54) is 12.1 Å². The molecule has 4 N–H and O–H groups in total. The van der Waals surface area contributed by atoms with Crippen LogP contribution >= 0.6 is 11.6 Å². The second kappa shape index (κ2) is 13.3. The first kappa shape index (κ1) is 28.9. The van der Waals surface area contributed by atoms with Crippen molar-refractivity contribution in [1.82, 2.24) is 4.98 Å². The molecule has 0 spiro atoms. The predicted molar refractivity (Wildman–Crippen MR) is 165 cm³/mol. The number of carbonyl (C=O) groups is 2. The summed E-state index contributed by atoms with van der Waals surface area (Å²) in [6.07, 6.45) is 1.25. The summed E-state index contributed by atoms with van der Waals surface area (Å²) in [5, 5.41) is 15.9. The number of aromatic nitrogens is 1. The van der Waals surface area contributed by atoms with Gasteiger partial charge in [-0.05, 0) is 66.6 Å². The molecule has 0 unspecified atom stereocenters. The van der Waals surface area contributed by atoms with Crippen LogP contribution in [0.2, 0.25) is 5.02 Å². The van der Waals surface area contributed by atoms with Crippen LogP contribution in [0.5, 0.6) is 17.4 Å². The lowest BCUT2D eigenvalue weighted by Crippen LogP contribution is -2.15. The largest absolute Gasteiger partial charge is 0.506 e. The summed E-state index contributed by atoms with van der Waals surface area (Å²) >= 11 is 5.92. The molecule has 0 saturated carbocycles. The number of nitrogens with one attached hydrogen (secondary N) is 1. The van der Waals surface area contributed by atoms with Crippen molar-refractivity contribution in [2.45, 2.75) is 19.3 Å². The van der Waals surface area contributed by atoms with Gasteiger partial charge >= 0.3 is 0 Å². The molecule has 1 heterocycles. The number of amides is 1. The normalized spacial score (nSPS) is 11.0. The number of ether oxygens (including phenoxy) is 2. The van der Waals surface area contributed by atoms with E-state index in [0.29, 0.717) is 53.8 Å². The third-order valence-corrected chi connectivity index (χ3v) is 6.92. The maximum Gasteiger partial charge on any atom is 0.259 e. The zero-order valence-electron chi connectivity index (χ0n) is 22.8. The highest BCUT2D eigenvalue weighted by molar-refractivity contribution is 6.30. The molecule has 0 radical (unpaired) electrons. The third-order valence-electron chi connectivity index (χ3n) is 6.68. The molecule has 0 aliphatic heterocycles. The number of phenolic OH excluding ortho intramolecular Hbond substituents is 1. The Balaban J connectivity index is 1.31. The van der Waals surface area contributed by atoms with E-state index < -0.39 is 5.91 Å². The van der Waals surface area contributed by atoms with Crippen molar-refractivity contribution >= 4 is 50.7 Å². The van der Waals surface area contributed by atoms with Crippen LogP contribution in [-0.4, -0.2) is 41.5 Å². The van der Waals surface area contributed by atoms with Gasteiger partial charge in [0.15, 0.2) is 5.78 Å². The summed E-state index contributed by atoms with van der Waals surface area (Å²) in [6.45, 7) is 1.04. The maximum absolute atomic E-state index is 13.3. The van der Waals surface area contributed by atoms with Gasteiger partial charge in [0.05, 0.1) is 35.5 Å². The van der Waals surface area contributed by atoms with Gasteiger partial charge in [0.25, 0.3) is 5.91 Å². The number of para-hydroxylation sites is 1. The number of benzene rings is 4. The van der Waals surface area contributed by atoms with Crippen LogP contribution in [0.15, 0.2) is 84.9 Å². The first-order valence-corrected chi connectivity index (χ1v) is 14.0. The van der Waals surface area contributed by atoms with Crippen molar-refractivity contribution in [3.63, 3.8) is 0 Å². The van der Waals surface area contributed by atoms with Gasteiger partial charge in [-0.1, -0.05) is 54.1 Å². The minimum absolute atomic E-state index is 0.116. The smallest absolute Gasteiger partial charge is 0.259 e. The summed E-state index contributed by atoms with van der Waals surface area (Å²) in [7, 11) is 0. The fourth-order valence-corrected chi connectivity index (χ4v) is 4.69. The van der Waals surface area contributed by atoms with Crippen LogP contribution in [-0.2, 0) is 0 Å². The number of pyridine rings is 1. The Labute approximate surface area is 248 Å². The van der Waals surface area contributed by atoms with Gasteiger partial charge in [-0.2, -0.15) is 0 Å². The third kappa shape index (κ3) is 6.79. The topological polar surface area (TPSA) is 124 Å². The molecule has 0 aliphatic carbocycles. The second-order valence-electron chi connectivity index (χ2n) is 9.71. The number of phenols is 1. The van der Waals surface area contributed by atoms with Crippen LogP contribution in [0.4, 0.5) is 5.69 Å². The quantitative estimate of drug-likeness (QED) is 0.0841. The van der Waals surface area contributed by atoms with Crippen LogP contribution < -0.4 is 20.5 Å². The molecule has 0 bridgehead atoms. The molecule has 1 amide bonds. The highest BCUT2D eigenvalue weighted by atomic mass is 35.5. The lowest BCUT2D eigenvalue weighted by Gasteiger charge is -2.14. The zero-order chi connectivity index (χ0) is 29.5. The number of rotatable bonds is 12. The summed E-state index contributed by atoms with van der Waals surface area (Å²) in [4.78, 5) is 31.1. The minimum atomic E-state index is -0.453. The molecule has 8 nitrogen and oxygen atoms in total. The van der Waals surface area contributed by atoms with Crippen LogP contribution in [0, 0.1) is 0 Å². The summed E-state index contributed by atoms with van der Waals surface area (Å²) in [6, 6.07) is 25.0.